The highest BCUT2D eigenvalue weighted by atomic mass is 35.5. The molecule has 0 unspecified atom stereocenters. The van der Waals surface area contributed by atoms with E-state index in [1.54, 1.807) is 30.3 Å². The highest BCUT2D eigenvalue weighted by molar-refractivity contribution is 7.99. The van der Waals surface area contributed by atoms with Crippen molar-refractivity contribution in [2.24, 2.45) is 0 Å². The van der Waals surface area contributed by atoms with Crippen molar-refractivity contribution in [3.8, 4) is 11.5 Å². The van der Waals surface area contributed by atoms with Crippen molar-refractivity contribution in [2.75, 3.05) is 20.0 Å². The third-order valence-electron chi connectivity index (χ3n) is 3.34. The van der Waals surface area contributed by atoms with Crippen LogP contribution in [0.15, 0.2) is 47.4 Å². The number of carbonyl (C=O) groups excluding carboxylic acids is 2. The van der Waals surface area contributed by atoms with Crippen LogP contribution in [0.5, 0.6) is 11.5 Å². The number of carbonyl (C=O) groups is 2. The summed E-state index contributed by atoms with van der Waals surface area (Å²) >= 11 is 7.36. The summed E-state index contributed by atoms with van der Waals surface area (Å²) in [4.78, 5) is 25.0. The summed E-state index contributed by atoms with van der Waals surface area (Å²) in [6.07, 6.45) is 0.259. The van der Waals surface area contributed by atoms with E-state index in [1.807, 2.05) is 12.1 Å². The molecule has 0 heterocycles. The summed E-state index contributed by atoms with van der Waals surface area (Å²) < 4.78 is 10.2. The Morgan fingerprint density at radius 3 is 2.19 bits per heavy atom. The van der Waals surface area contributed by atoms with Crippen LogP contribution >= 0.6 is 23.4 Å². The van der Waals surface area contributed by atoms with Gasteiger partial charge in [0.2, 0.25) is 5.91 Å². The molecule has 0 aliphatic rings. The van der Waals surface area contributed by atoms with Gasteiger partial charge in [0.15, 0.2) is 0 Å². The van der Waals surface area contributed by atoms with Crippen molar-refractivity contribution in [3.63, 3.8) is 0 Å². The lowest BCUT2D eigenvalue weighted by atomic mass is 10.2. The van der Waals surface area contributed by atoms with Crippen LogP contribution in [0, 0.1) is 0 Å². The Hall–Kier alpha value is -2.38. The van der Waals surface area contributed by atoms with Gasteiger partial charge in [-0.2, -0.15) is 0 Å². The molecule has 2 aromatic carbocycles. The van der Waals surface area contributed by atoms with Gasteiger partial charge < -0.3 is 9.47 Å². The van der Waals surface area contributed by atoms with E-state index in [1.165, 1.54) is 26.0 Å². The Bertz CT molecular complexity index is 746. The van der Waals surface area contributed by atoms with Crippen molar-refractivity contribution >= 4 is 35.2 Å². The number of ether oxygens (including phenoxy) is 2. The van der Waals surface area contributed by atoms with Crippen LogP contribution in [0.3, 0.4) is 0 Å². The summed E-state index contributed by atoms with van der Waals surface area (Å²) in [5.41, 5.74) is 5.09. The fraction of sp³-hybridized carbons (Fsp3) is 0.222. The van der Waals surface area contributed by atoms with Gasteiger partial charge in [-0.15, -0.1) is 11.8 Å². The molecule has 2 N–H and O–H groups in total. The molecule has 0 fully saturated rings. The first-order valence-corrected chi connectivity index (χ1v) is 9.09. The van der Waals surface area contributed by atoms with Crippen LogP contribution in [0.2, 0.25) is 5.02 Å². The molecular weight excluding hydrogens is 376 g/mol. The SMILES string of the molecule is COc1cc(OC)cc(C(=O)NNC(=O)CCSc2ccc(Cl)cc2)c1. The lowest BCUT2D eigenvalue weighted by molar-refractivity contribution is -0.121. The zero-order valence-electron chi connectivity index (χ0n) is 14.4. The monoisotopic (exact) mass is 394 g/mol. The molecule has 138 valence electrons. The number of hydrogen-bond donors (Lipinski definition) is 2. The van der Waals surface area contributed by atoms with E-state index in [0.717, 1.165) is 4.90 Å². The number of hydrazine groups is 1. The summed E-state index contributed by atoms with van der Waals surface area (Å²) in [7, 11) is 2.99. The quantitative estimate of drug-likeness (QED) is 0.556. The number of nitrogens with one attached hydrogen (secondary N) is 2. The Morgan fingerprint density at radius 1 is 1.00 bits per heavy atom. The zero-order chi connectivity index (χ0) is 18.9. The molecule has 2 amide bonds. The van der Waals surface area contributed by atoms with Crippen molar-refractivity contribution < 1.29 is 19.1 Å². The minimum atomic E-state index is -0.457. The van der Waals surface area contributed by atoms with Crippen LogP contribution in [0.1, 0.15) is 16.8 Å². The van der Waals surface area contributed by atoms with Crippen LogP contribution < -0.4 is 20.3 Å². The molecule has 0 bridgehead atoms. The molecule has 2 aromatic rings. The predicted molar refractivity (Wildman–Crippen MR) is 102 cm³/mol. The fourth-order valence-corrected chi connectivity index (χ4v) is 2.97. The molecule has 0 aliphatic carbocycles. The maximum Gasteiger partial charge on any atom is 0.269 e. The third-order valence-corrected chi connectivity index (χ3v) is 4.61. The first kappa shape index (κ1) is 19.9. The lowest BCUT2D eigenvalue weighted by Gasteiger charge is -2.10. The zero-order valence-corrected chi connectivity index (χ0v) is 15.9. The Kier molecular flexibility index (Phi) is 7.62. The molecule has 2 rings (SSSR count). The largest absolute Gasteiger partial charge is 0.497 e. The summed E-state index contributed by atoms with van der Waals surface area (Å²) in [5.74, 6) is 0.812. The van der Waals surface area contributed by atoms with Gasteiger partial charge in [0.05, 0.1) is 14.2 Å². The smallest absolute Gasteiger partial charge is 0.269 e. The maximum atomic E-state index is 12.2. The highest BCUT2D eigenvalue weighted by Crippen LogP contribution is 2.22. The predicted octanol–water partition coefficient (Wildman–Crippen LogP) is 3.30. The number of thioether (sulfide) groups is 1. The van der Waals surface area contributed by atoms with E-state index in [9.17, 15) is 9.59 Å². The Labute approximate surface area is 161 Å². The molecule has 0 aliphatic heterocycles. The normalized spacial score (nSPS) is 10.1. The van der Waals surface area contributed by atoms with E-state index in [2.05, 4.69) is 10.9 Å². The number of amides is 2. The van der Waals surface area contributed by atoms with Crippen molar-refractivity contribution in [2.45, 2.75) is 11.3 Å². The summed E-state index contributed by atoms with van der Waals surface area (Å²) in [6, 6.07) is 12.1. The average Bonchev–Trinajstić information content (AvgIpc) is 2.67. The van der Waals surface area contributed by atoms with E-state index in [-0.39, 0.29) is 12.3 Å². The Morgan fingerprint density at radius 2 is 1.62 bits per heavy atom. The minimum Gasteiger partial charge on any atom is -0.497 e. The number of rotatable bonds is 7. The molecule has 0 spiro atoms. The molecule has 8 heteroatoms. The molecule has 0 radical (unpaired) electrons. The highest BCUT2D eigenvalue weighted by Gasteiger charge is 2.11. The standard InChI is InChI=1S/C18H19ClN2O4S/c1-24-14-9-12(10-15(11-14)25-2)18(23)21-20-17(22)7-8-26-16-5-3-13(19)4-6-16/h3-6,9-11H,7-8H2,1-2H3,(H,20,22)(H,21,23). The van der Waals surface area contributed by atoms with Gasteiger partial charge in [-0.05, 0) is 36.4 Å². The van der Waals surface area contributed by atoms with Gasteiger partial charge in [-0.3, -0.25) is 20.4 Å². The molecule has 6 nitrogen and oxygen atoms in total. The second-order valence-corrected chi connectivity index (χ2v) is 6.76. The van der Waals surface area contributed by atoms with E-state index < -0.39 is 5.91 Å². The second-order valence-electron chi connectivity index (χ2n) is 5.16. The Balaban J connectivity index is 1.79. The van der Waals surface area contributed by atoms with Gasteiger partial charge in [0.25, 0.3) is 5.91 Å². The first-order chi connectivity index (χ1) is 12.5. The molecule has 26 heavy (non-hydrogen) atoms. The summed E-state index contributed by atoms with van der Waals surface area (Å²) in [5, 5.41) is 0.670. The maximum absolute atomic E-state index is 12.2. The number of methoxy groups -OCH3 is 2. The van der Waals surface area contributed by atoms with Gasteiger partial charge in [0.1, 0.15) is 11.5 Å². The van der Waals surface area contributed by atoms with Gasteiger partial charge in [-0.25, -0.2) is 0 Å². The van der Waals surface area contributed by atoms with Crippen LogP contribution in [-0.2, 0) is 4.79 Å². The average molecular weight is 395 g/mol. The van der Waals surface area contributed by atoms with Crippen LogP contribution in [-0.4, -0.2) is 31.8 Å². The molecule has 0 atom stereocenters. The lowest BCUT2D eigenvalue weighted by Crippen LogP contribution is -2.41. The first-order valence-electron chi connectivity index (χ1n) is 7.72. The van der Waals surface area contributed by atoms with E-state index in [4.69, 9.17) is 21.1 Å². The van der Waals surface area contributed by atoms with Gasteiger partial charge in [-0.1, -0.05) is 11.6 Å². The minimum absolute atomic E-state index is 0.259. The fourth-order valence-electron chi connectivity index (χ4n) is 1.99. The van der Waals surface area contributed by atoms with Crippen molar-refractivity contribution in [3.05, 3.63) is 53.1 Å². The summed E-state index contributed by atoms with van der Waals surface area (Å²) in [6.45, 7) is 0. The molecule has 0 aromatic heterocycles. The second kappa shape index (κ2) is 9.94. The van der Waals surface area contributed by atoms with Gasteiger partial charge >= 0.3 is 0 Å². The van der Waals surface area contributed by atoms with Gasteiger partial charge in [0, 0.05) is 33.7 Å². The van der Waals surface area contributed by atoms with E-state index >= 15 is 0 Å². The topological polar surface area (TPSA) is 76.7 Å². The number of halogens is 1. The molecule has 0 saturated heterocycles. The number of hydrogen-bond acceptors (Lipinski definition) is 5. The molecular formula is C18H19ClN2O4S. The number of benzene rings is 2. The van der Waals surface area contributed by atoms with E-state index in [0.29, 0.717) is 27.8 Å². The van der Waals surface area contributed by atoms with Crippen LogP contribution in [0.4, 0.5) is 0 Å². The van der Waals surface area contributed by atoms with Crippen LogP contribution in [0.25, 0.3) is 0 Å². The van der Waals surface area contributed by atoms with Crippen molar-refractivity contribution in [1.29, 1.82) is 0 Å². The van der Waals surface area contributed by atoms with Crippen molar-refractivity contribution in [1.82, 2.24) is 10.9 Å². The molecule has 0 saturated carbocycles. The third kappa shape index (κ3) is 6.16.